The van der Waals surface area contributed by atoms with Crippen molar-refractivity contribution >= 4 is 17.6 Å². The second-order valence-electron chi connectivity index (χ2n) is 5.72. The van der Waals surface area contributed by atoms with Crippen molar-refractivity contribution in [2.45, 2.75) is 50.4 Å². The van der Waals surface area contributed by atoms with Crippen molar-refractivity contribution in [1.82, 2.24) is 5.32 Å². The Labute approximate surface area is 131 Å². The van der Waals surface area contributed by atoms with Gasteiger partial charge in [-0.05, 0) is 56.1 Å². The minimum Gasteiger partial charge on any atom is -0.409 e. The number of nitrogens with two attached hydrogens (primary N) is 1. The Kier molecular flexibility index (Phi) is 5.94. The SMILES string of the molecule is CSC1CCC(NCc2ccc(/C(N)=N/O)cc2C)CC1. The Morgan fingerprint density at radius 3 is 2.67 bits per heavy atom. The van der Waals surface area contributed by atoms with Gasteiger partial charge in [-0.25, -0.2) is 0 Å². The highest BCUT2D eigenvalue weighted by Gasteiger charge is 2.19. The average Bonchev–Trinajstić information content (AvgIpc) is 2.53. The summed E-state index contributed by atoms with van der Waals surface area (Å²) in [7, 11) is 0. The lowest BCUT2D eigenvalue weighted by Crippen LogP contribution is -2.33. The van der Waals surface area contributed by atoms with E-state index in [1.807, 2.05) is 23.9 Å². The van der Waals surface area contributed by atoms with E-state index in [1.54, 1.807) is 0 Å². The Morgan fingerprint density at radius 1 is 1.38 bits per heavy atom. The topological polar surface area (TPSA) is 70.6 Å². The van der Waals surface area contributed by atoms with Gasteiger partial charge < -0.3 is 16.3 Å². The van der Waals surface area contributed by atoms with Crippen molar-refractivity contribution in [3.63, 3.8) is 0 Å². The maximum atomic E-state index is 8.71. The molecule has 1 aromatic rings. The Bertz CT molecular complexity index is 496. The molecule has 1 fully saturated rings. The van der Waals surface area contributed by atoms with Gasteiger partial charge in [0.15, 0.2) is 5.84 Å². The van der Waals surface area contributed by atoms with E-state index in [-0.39, 0.29) is 5.84 Å². The summed E-state index contributed by atoms with van der Waals surface area (Å²) < 4.78 is 0. The van der Waals surface area contributed by atoms with Gasteiger partial charge >= 0.3 is 0 Å². The number of hydrogen-bond acceptors (Lipinski definition) is 4. The number of amidine groups is 1. The van der Waals surface area contributed by atoms with Crippen LogP contribution in [0.3, 0.4) is 0 Å². The number of nitrogens with zero attached hydrogens (tertiary/aromatic N) is 1. The summed E-state index contributed by atoms with van der Waals surface area (Å²) in [4.78, 5) is 0. The fourth-order valence-corrected chi connectivity index (χ4v) is 3.61. The van der Waals surface area contributed by atoms with Gasteiger partial charge in [0.05, 0.1) is 0 Å². The molecule has 0 saturated heterocycles. The van der Waals surface area contributed by atoms with Crippen LogP contribution in [0.1, 0.15) is 42.4 Å². The fourth-order valence-electron chi connectivity index (χ4n) is 2.87. The van der Waals surface area contributed by atoms with Crippen molar-refractivity contribution in [2.75, 3.05) is 6.26 Å². The van der Waals surface area contributed by atoms with Crippen LogP contribution in [0.5, 0.6) is 0 Å². The normalized spacial score (nSPS) is 23.2. The lowest BCUT2D eigenvalue weighted by Gasteiger charge is -2.28. The van der Waals surface area contributed by atoms with E-state index in [0.29, 0.717) is 6.04 Å². The van der Waals surface area contributed by atoms with Crippen LogP contribution < -0.4 is 11.1 Å². The molecule has 1 aliphatic carbocycles. The molecule has 1 saturated carbocycles. The summed E-state index contributed by atoms with van der Waals surface area (Å²) in [5, 5.41) is 16.3. The lowest BCUT2D eigenvalue weighted by atomic mass is 9.94. The molecule has 1 aliphatic rings. The van der Waals surface area contributed by atoms with E-state index in [0.717, 1.165) is 17.4 Å². The Morgan fingerprint density at radius 2 is 2.10 bits per heavy atom. The summed E-state index contributed by atoms with van der Waals surface area (Å²) in [5.41, 5.74) is 8.82. The maximum Gasteiger partial charge on any atom is 0.170 e. The number of benzene rings is 1. The van der Waals surface area contributed by atoms with E-state index in [9.17, 15) is 0 Å². The monoisotopic (exact) mass is 307 g/mol. The van der Waals surface area contributed by atoms with Crippen LogP contribution in [0.2, 0.25) is 0 Å². The highest BCUT2D eigenvalue weighted by molar-refractivity contribution is 7.99. The Hall–Kier alpha value is -1.20. The summed E-state index contributed by atoms with van der Waals surface area (Å²) in [6, 6.07) is 6.57. The standard InChI is InChI=1S/C16H25N3OS/c1-11-9-12(16(17)19-20)3-4-13(11)10-18-14-5-7-15(21-2)8-6-14/h3-4,9,14-15,18,20H,5-8,10H2,1-2H3,(H2,17,19). The van der Waals surface area contributed by atoms with Crippen molar-refractivity contribution in [3.05, 3.63) is 34.9 Å². The second kappa shape index (κ2) is 7.71. The van der Waals surface area contributed by atoms with Gasteiger partial charge in [0.1, 0.15) is 0 Å². The van der Waals surface area contributed by atoms with E-state index in [2.05, 4.69) is 29.7 Å². The van der Waals surface area contributed by atoms with E-state index in [1.165, 1.54) is 36.8 Å². The summed E-state index contributed by atoms with van der Waals surface area (Å²) in [5.74, 6) is 0.160. The van der Waals surface area contributed by atoms with Crippen molar-refractivity contribution in [1.29, 1.82) is 0 Å². The van der Waals surface area contributed by atoms with Crippen molar-refractivity contribution in [2.24, 2.45) is 10.9 Å². The third-order valence-electron chi connectivity index (χ3n) is 4.33. The fraction of sp³-hybridized carbons (Fsp3) is 0.562. The van der Waals surface area contributed by atoms with Gasteiger partial charge in [-0.3, -0.25) is 0 Å². The first kappa shape index (κ1) is 16.2. The third kappa shape index (κ3) is 4.38. The summed E-state index contributed by atoms with van der Waals surface area (Å²) in [6.45, 7) is 2.95. The van der Waals surface area contributed by atoms with Crippen molar-refractivity contribution in [3.8, 4) is 0 Å². The minimum atomic E-state index is 0.160. The highest BCUT2D eigenvalue weighted by atomic mass is 32.2. The molecule has 0 unspecified atom stereocenters. The molecule has 4 N–H and O–H groups in total. The predicted octanol–water partition coefficient (Wildman–Crippen LogP) is 2.85. The summed E-state index contributed by atoms with van der Waals surface area (Å²) >= 11 is 2.00. The molecule has 0 bridgehead atoms. The molecule has 0 atom stereocenters. The first-order chi connectivity index (χ1) is 10.1. The molecular formula is C16H25N3OS. The molecule has 0 aliphatic heterocycles. The molecule has 0 radical (unpaired) electrons. The lowest BCUT2D eigenvalue weighted by molar-refractivity contribution is 0.318. The van der Waals surface area contributed by atoms with E-state index < -0.39 is 0 Å². The second-order valence-corrected chi connectivity index (χ2v) is 6.85. The Balaban J connectivity index is 1.89. The van der Waals surface area contributed by atoms with Gasteiger partial charge in [0.25, 0.3) is 0 Å². The number of aryl methyl sites for hydroxylation is 1. The van der Waals surface area contributed by atoms with E-state index >= 15 is 0 Å². The summed E-state index contributed by atoms with van der Waals surface area (Å²) in [6.07, 6.45) is 7.39. The zero-order chi connectivity index (χ0) is 15.2. The van der Waals surface area contributed by atoms with E-state index in [4.69, 9.17) is 10.9 Å². The van der Waals surface area contributed by atoms with Gasteiger partial charge in [0, 0.05) is 23.4 Å². The molecule has 4 nitrogen and oxygen atoms in total. The van der Waals surface area contributed by atoms with Gasteiger partial charge in [-0.15, -0.1) is 0 Å². The van der Waals surface area contributed by atoms with Crippen LogP contribution in [-0.2, 0) is 6.54 Å². The first-order valence-corrected chi connectivity index (χ1v) is 8.76. The zero-order valence-electron chi connectivity index (χ0n) is 12.8. The molecular weight excluding hydrogens is 282 g/mol. The molecule has 5 heteroatoms. The predicted molar refractivity (Wildman–Crippen MR) is 90.1 cm³/mol. The highest BCUT2D eigenvalue weighted by Crippen LogP contribution is 2.27. The molecule has 0 amide bonds. The molecule has 0 aromatic heterocycles. The average molecular weight is 307 g/mol. The molecule has 0 spiro atoms. The van der Waals surface area contributed by atoms with Gasteiger partial charge in [0.2, 0.25) is 0 Å². The van der Waals surface area contributed by atoms with Gasteiger partial charge in [-0.2, -0.15) is 11.8 Å². The van der Waals surface area contributed by atoms with Crippen LogP contribution in [0.15, 0.2) is 23.4 Å². The van der Waals surface area contributed by atoms with Crippen LogP contribution in [0.25, 0.3) is 0 Å². The largest absolute Gasteiger partial charge is 0.409 e. The molecule has 21 heavy (non-hydrogen) atoms. The quantitative estimate of drug-likeness (QED) is 0.338. The van der Waals surface area contributed by atoms with Gasteiger partial charge in [-0.1, -0.05) is 17.3 Å². The number of hydrogen-bond donors (Lipinski definition) is 3. The first-order valence-electron chi connectivity index (χ1n) is 7.47. The third-order valence-corrected chi connectivity index (χ3v) is 5.47. The smallest absolute Gasteiger partial charge is 0.170 e. The van der Waals surface area contributed by atoms with Crippen LogP contribution in [0.4, 0.5) is 0 Å². The molecule has 2 rings (SSSR count). The van der Waals surface area contributed by atoms with Crippen molar-refractivity contribution < 1.29 is 5.21 Å². The number of thioether (sulfide) groups is 1. The maximum absolute atomic E-state index is 8.71. The minimum absolute atomic E-state index is 0.160. The number of nitrogens with one attached hydrogen (secondary N) is 1. The molecule has 116 valence electrons. The van der Waals surface area contributed by atoms with Crippen LogP contribution >= 0.6 is 11.8 Å². The number of oxime groups is 1. The van der Waals surface area contributed by atoms with Crippen LogP contribution in [0, 0.1) is 6.92 Å². The van der Waals surface area contributed by atoms with Crippen LogP contribution in [-0.4, -0.2) is 28.6 Å². The molecule has 0 heterocycles. The molecule has 1 aromatic carbocycles. The number of rotatable bonds is 5. The zero-order valence-corrected chi connectivity index (χ0v) is 13.6.